The van der Waals surface area contributed by atoms with Gasteiger partial charge in [0.1, 0.15) is 5.75 Å². The summed E-state index contributed by atoms with van der Waals surface area (Å²) >= 11 is 0. The molecule has 4 aromatic rings. The SMILES string of the molecule is CC(=O)c1nnn(Cc2ccc(C)cc2)c1Oc1ccc(-c2ccc(C3CC(F)(F)C3)cc2)cc1. The summed E-state index contributed by atoms with van der Waals surface area (Å²) < 4.78 is 34.0. The van der Waals surface area contributed by atoms with Crippen LogP contribution in [-0.2, 0) is 6.54 Å². The first-order valence-electron chi connectivity index (χ1n) is 11.5. The van der Waals surface area contributed by atoms with Crippen molar-refractivity contribution in [2.75, 3.05) is 0 Å². The van der Waals surface area contributed by atoms with E-state index in [4.69, 9.17) is 4.74 Å². The van der Waals surface area contributed by atoms with E-state index in [1.165, 1.54) is 6.92 Å². The number of alkyl halides is 2. The van der Waals surface area contributed by atoms with E-state index in [0.29, 0.717) is 18.2 Å². The van der Waals surface area contributed by atoms with Crippen LogP contribution in [0.2, 0.25) is 0 Å². The van der Waals surface area contributed by atoms with Gasteiger partial charge in [0.25, 0.3) is 0 Å². The normalized spacial score (nSPS) is 15.0. The fourth-order valence-corrected chi connectivity index (χ4v) is 4.27. The highest BCUT2D eigenvalue weighted by Gasteiger charge is 2.45. The summed E-state index contributed by atoms with van der Waals surface area (Å²) in [5, 5.41) is 8.16. The number of hydrogen-bond donors (Lipinski definition) is 0. The van der Waals surface area contributed by atoms with Gasteiger partial charge >= 0.3 is 0 Å². The van der Waals surface area contributed by atoms with E-state index < -0.39 is 5.92 Å². The van der Waals surface area contributed by atoms with Crippen LogP contribution in [0.5, 0.6) is 11.6 Å². The Hall–Kier alpha value is -3.87. The highest BCUT2D eigenvalue weighted by atomic mass is 19.3. The van der Waals surface area contributed by atoms with Crippen LogP contribution in [-0.4, -0.2) is 26.7 Å². The Morgan fingerprint density at radius 1 is 0.971 bits per heavy atom. The molecule has 1 fully saturated rings. The lowest BCUT2D eigenvalue weighted by molar-refractivity contribution is -0.0867. The maximum Gasteiger partial charge on any atom is 0.249 e. The molecule has 5 rings (SSSR count). The second kappa shape index (κ2) is 9.06. The van der Waals surface area contributed by atoms with Crippen molar-refractivity contribution in [3.05, 3.63) is 95.2 Å². The number of rotatable bonds is 7. The number of aromatic nitrogens is 3. The highest BCUT2D eigenvalue weighted by molar-refractivity contribution is 5.94. The van der Waals surface area contributed by atoms with Gasteiger partial charge in [0.05, 0.1) is 6.54 Å². The van der Waals surface area contributed by atoms with Crippen LogP contribution in [0.25, 0.3) is 11.1 Å². The first-order chi connectivity index (χ1) is 16.8. The fourth-order valence-electron chi connectivity index (χ4n) is 4.27. The zero-order valence-corrected chi connectivity index (χ0v) is 19.5. The quantitative estimate of drug-likeness (QED) is 0.277. The summed E-state index contributed by atoms with van der Waals surface area (Å²) in [6.07, 6.45) is -0.147. The lowest BCUT2D eigenvalue weighted by Gasteiger charge is -2.35. The van der Waals surface area contributed by atoms with Crippen molar-refractivity contribution in [3.63, 3.8) is 0 Å². The molecule has 1 aromatic heterocycles. The number of ether oxygens (including phenoxy) is 1. The van der Waals surface area contributed by atoms with Crippen LogP contribution >= 0.6 is 0 Å². The third-order valence-electron chi connectivity index (χ3n) is 6.35. The van der Waals surface area contributed by atoms with Gasteiger partial charge in [0, 0.05) is 19.8 Å². The van der Waals surface area contributed by atoms with Crippen LogP contribution in [0.3, 0.4) is 0 Å². The molecule has 35 heavy (non-hydrogen) atoms. The molecular formula is C28H25F2N3O2. The largest absolute Gasteiger partial charge is 0.437 e. The molecule has 0 bridgehead atoms. The number of hydrogen-bond acceptors (Lipinski definition) is 4. The van der Waals surface area contributed by atoms with Gasteiger partial charge in [-0.2, -0.15) is 0 Å². The molecule has 1 aliphatic carbocycles. The monoisotopic (exact) mass is 473 g/mol. The van der Waals surface area contributed by atoms with Gasteiger partial charge < -0.3 is 4.74 Å². The molecule has 0 amide bonds. The van der Waals surface area contributed by atoms with E-state index in [2.05, 4.69) is 10.3 Å². The molecule has 7 heteroatoms. The van der Waals surface area contributed by atoms with Crippen molar-refractivity contribution in [1.29, 1.82) is 0 Å². The standard InChI is InChI=1S/C28H25F2N3O2/c1-18-3-5-20(6-4-18)17-33-27(26(19(2)34)31-32-33)35-25-13-11-22(12-14-25)21-7-9-23(10-8-21)24-15-28(29,30)16-24/h3-14,24H,15-17H2,1-2H3. The van der Waals surface area contributed by atoms with Gasteiger partial charge in [-0.3, -0.25) is 4.79 Å². The zero-order chi connectivity index (χ0) is 24.6. The smallest absolute Gasteiger partial charge is 0.249 e. The second-order valence-electron chi connectivity index (χ2n) is 9.15. The lowest BCUT2D eigenvalue weighted by Crippen LogP contribution is -2.33. The molecule has 178 valence electrons. The molecule has 0 radical (unpaired) electrons. The van der Waals surface area contributed by atoms with Crippen molar-refractivity contribution < 1.29 is 18.3 Å². The summed E-state index contributed by atoms with van der Waals surface area (Å²) in [6, 6.07) is 23.3. The maximum absolute atomic E-state index is 13.2. The summed E-state index contributed by atoms with van der Waals surface area (Å²) in [5.74, 6) is -1.96. The molecule has 1 saturated carbocycles. The van der Waals surface area contributed by atoms with Crippen molar-refractivity contribution in [2.45, 2.75) is 45.1 Å². The van der Waals surface area contributed by atoms with E-state index in [-0.39, 0.29) is 30.2 Å². The Labute approximate surface area is 202 Å². The average Bonchev–Trinajstić information content (AvgIpc) is 3.22. The molecular weight excluding hydrogens is 448 g/mol. The first-order valence-corrected chi connectivity index (χ1v) is 11.5. The fraction of sp³-hybridized carbons (Fsp3) is 0.250. The predicted molar refractivity (Wildman–Crippen MR) is 129 cm³/mol. The van der Waals surface area contributed by atoms with Gasteiger partial charge in [-0.15, -0.1) is 5.10 Å². The Kier molecular flexibility index (Phi) is 5.93. The number of nitrogens with zero attached hydrogens (tertiary/aromatic N) is 3. The molecule has 5 nitrogen and oxygen atoms in total. The molecule has 0 saturated heterocycles. The summed E-state index contributed by atoms with van der Waals surface area (Å²) in [4.78, 5) is 12.1. The predicted octanol–water partition coefficient (Wildman–Crippen LogP) is 6.81. The van der Waals surface area contributed by atoms with Gasteiger partial charge in [0.15, 0.2) is 11.5 Å². The number of halogens is 2. The lowest BCUT2D eigenvalue weighted by atomic mass is 9.76. The molecule has 0 spiro atoms. The molecule has 1 aliphatic rings. The Bertz CT molecular complexity index is 1340. The van der Waals surface area contributed by atoms with Crippen molar-refractivity contribution >= 4 is 5.78 Å². The Balaban J connectivity index is 1.32. The van der Waals surface area contributed by atoms with Crippen LogP contribution < -0.4 is 4.74 Å². The first kappa shape index (κ1) is 22.9. The van der Waals surface area contributed by atoms with Crippen LogP contribution in [0.1, 0.15) is 52.9 Å². The summed E-state index contributed by atoms with van der Waals surface area (Å²) in [6.45, 7) is 3.88. The molecule has 0 N–H and O–H groups in total. The van der Waals surface area contributed by atoms with E-state index in [1.54, 1.807) is 4.68 Å². The minimum absolute atomic E-state index is 0.0660. The Morgan fingerprint density at radius 3 is 2.14 bits per heavy atom. The van der Waals surface area contributed by atoms with E-state index in [1.807, 2.05) is 79.7 Å². The topological polar surface area (TPSA) is 57.0 Å². The number of carbonyl (C=O) groups is 1. The summed E-state index contributed by atoms with van der Waals surface area (Å²) in [7, 11) is 0. The van der Waals surface area contributed by atoms with Gasteiger partial charge in [-0.05, 0) is 47.2 Å². The summed E-state index contributed by atoms with van der Waals surface area (Å²) in [5.41, 5.74) is 5.27. The van der Waals surface area contributed by atoms with E-state index in [0.717, 1.165) is 27.8 Å². The Morgan fingerprint density at radius 2 is 1.57 bits per heavy atom. The number of aryl methyl sites for hydroxylation is 1. The second-order valence-corrected chi connectivity index (χ2v) is 9.15. The van der Waals surface area contributed by atoms with Crippen molar-refractivity contribution in [3.8, 4) is 22.8 Å². The van der Waals surface area contributed by atoms with Crippen molar-refractivity contribution in [2.24, 2.45) is 0 Å². The van der Waals surface area contributed by atoms with Crippen LogP contribution in [0.4, 0.5) is 8.78 Å². The highest BCUT2D eigenvalue weighted by Crippen LogP contribution is 2.48. The van der Waals surface area contributed by atoms with Crippen LogP contribution in [0.15, 0.2) is 72.8 Å². The number of benzene rings is 3. The number of Topliss-reactive ketones (excluding diaryl/α,β-unsaturated/α-hetero) is 1. The third-order valence-corrected chi connectivity index (χ3v) is 6.35. The number of carbonyl (C=O) groups excluding carboxylic acids is 1. The zero-order valence-electron chi connectivity index (χ0n) is 19.5. The average molecular weight is 474 g/mol. The molecule has 0 unspecified atom stereocenters. The maximum atomic E-state index is 13.2. The minimum atomic E-state index is -2.52. The van der Waals surface area contributed by atoms with E-state index in [9.17, 15) is 13.6 Å². The molecule has 1 heterocycles. The minimum Gasteiger partial charge on any atom is -0.437 e. The molecule has 0 aliphatic heterocycles. The molecule has 0 atom stereocenters. The van der Waals surface area contributed by atoms with Gasteiger partial charge in [0.2, 0.25) is 11.8 Å². The van der Waals surface area contributed by atoms with Crippen LogP contribution in [0, 0.1) is 6.92 Å². The van der Waals surface area contributed by atoms with Crippen molar-refractivity contribution in [1.82, 2.24) is 15.0 Å². The van der Waals surface area contributed by atoms with Gasteiger partial charge in [-0.25, -0.2) is 13.5 Å². The van der Waals surface area contributed by atoms with E-state index >= 15 is 0 Å². The third kappa shape index (κ3) is 4.99. The molecule has 3 aromatic carbocycles. The number of ketones is 1. The van der Waals surface area contributed by atoms with Gasteiger partial charge in [-0.1, -0.05) is 71.4 Å².